The highest BCUT2D eigenvalue weighted by Gasteiger charge is 2.35. The van der Waals surface area contributed by atoms with E-state index >= 15 is 0 Å². The van der Waals surface area contributed by atoms with Gasteiger partial charge in [-0.15, -0.1) is 0 Å². The van der Waals surface area contributed by atoms with Gasteiger partial charge in [0.1, 0.15) is 0 Å². The summed E-state index contributed by atoms with van der Waals surface area (Å²) in [5.74, 6) is 3.56. The zero-order valence-electron chi connectivity index (χ0n) is 10.7. The molecule has 0 spiro atoms. The van der Waals surface area contributed by atoms with E-state index in [-0.39, 0.29) is 0 Å². The highest BCUT2D eigenvalue weighted by atomic mass is 14.4. The predicted molar refractivity (Wildman–Crippen MR) is 64.3 cm³/mol. The molecule has 3 atom stereocenters. The molecule has 0 aromatic heterocycles. The van der Waals surface area contributed by atoms with E-state index in [1.165, 1.54) is 12.8 Å². The Bertz CT molecular complexity index is 222. The Morgan fingerprint density at radius 1 is 1.21 bits per heavy atom. The first kappa shape index (κ1) is 11.8. The molecule has 1 rings (SSSR count). The van der Waals surface area contributed by atoms with Gasteiger partial charge in [-0.2, -0.15) is 0 Å². The van der Waals surface area contributed by atoms with Gasteiger partial charge in [-0.25, -0.2) is 0 Å². The Morgan fingerprint density at radius 2 is 1.79 bits per heavy atom. The Labute approximate surface area is 89.8 Å². The summed E-state index contributed by atoms with van der Waals surface area (Å²) in [6.07, 6.45) is 2.70. The van der Waals surface area contributed by atoms with E-state index in [9.17, 15) is 0 Å². The number of hydrogen-bond acceptors (Lipinski definition) is 0. The molecule has 1 fully saturated rings. The van der Waals surface area contributed by atoms with Crippen LogP contribution < -0.4 is 0 Å². The fourth-order valence-corrected chi connectivity index (χ4v) is 2.69. The summed E-state index contributed by atoms with van der Waals surface area (Å²) in [5, 5.41) is 0. The van der Waals surface area contributed by atoms with Crippen LogP contribution in [0.25, 0.3) is 0 Å². The maximum absolute atomic E-state index is 2.41. The van der Waals surface area contributed by atoms with E-state index in [1.807, 2.05) is 0 Å². The molecule has 0 N–H and O–H groups in total. The van der Waals surface area contributed by atoms with Crippen LogP contribution in [0.5, 0.6) is 0 Å². The van der Waals surface area contributed by atoms with Crippen molar-refractivity contribution in [2.75, 3.05) is 0 Å². The molecule has 0 heterocycles. The lowest BCUT2D eigenvalue weighted by Crippen LogP contribution is -2.33. The molecule has 1 aliphatic carbocycles. The van der Waals surface area contributed by atoms with Gasteiger partial charge in [0, 0.05) is 0 Å². The SMILES string of the molecule is CC(CC(C)C)=C(C)C1CC(C)C1C. The minimum absolute atomic E-state index is 0.803. The molecule has 0 amide bonds. The van der Waals surface area contributed by atoms with Crippen LogP contribution >= 0.6 is 0 Å². The number of rotatable bonds is 3. The second-order valence-corrected chi connectivity index (χ2v) is 5.74. The van der Waals surface area contributed by atoms with Crippen LogP contribution in [0.15, 0.2) is 11.1 Å². The molecule has 14 heavy (non-hydrogen) atoms. The van der Waals surface area contributed by atoms with Gasteiger partial charge >= 0.3 is 0 Å². The lowest BCUT2D eigenvalue weighted by atomic mass is 9.63. The molecular formula is C14H26. The van der Waals surface area contributed by atoms with E-state index in [2.05, 4.69) is 41.5 Å². The van der Waals surface area contributed by atoms with E-state index in [1.54, 1.807) is 11.1 Å². The van der Waals surface area contributed by atoms with Crippen molar-refractivity contribution in [3.05, 3.63) is 11.1 Å². The highest BCUT2D eigenvalue weighted by Crippen LogP contribution is 2.45. The van der Waals surface area contributed by atoms with Gasteiger partial charge in [-0.05, 0) is 50.4 Å². The lowest BCUT2D eigenvalue weighted by Gasteiger charge is -2.42. The van der Waals surface area contributed by atoms with Crippen LogP contribution in [-0.2, 0) is 0 Å². The first-order valence-corrected chi connectivity index (χ1v) is 6.09. The van der Waals surface area contributed by atoms with Crippen molar-refractivity contribution in [3.63, 3.8) is 0 Å². The lowest BCUT2D eigenvalue weighted by molar-refractivity contribution is 0.133. The average Bonchev–Trinajstić information content (AvgIpc) is 2.11. The van der Waals surface area contributed by atoms with Gasteiger partial charge in [0.25, 0.3) is 0 Å². The topological polar surface area (TPSA) is 0 Å². The zero-order chi connectivity index (χ0) is 10.9. The van der Waals surface area contributed by atoms with Crippen LogP contribution in [0, 0.1) is 23.7 Å². The van der Waals surface area contributed by atoms with Crippen LogP contribution in [0.2, 0.25) is 0 Å². The van der Waals surface area contributed by atoms with E-state index in [0.717, 1.165) is 23.7 Å². The van der Waals surface area contributed by atoms with Crippen molar-refractivity contribution in [2.24, 2.45) is 23.7 Å². The predicted octanol–water partition coefficient (Wildman–Crippen LogP) is 4.66. The molecule has 3 unspecified atom stereocenters. The highest BCUT2D eigenvalue weighted by molar-refractivity contribution is 5.17. The van der Waals surface area contributed by atoms with E-state index < -0.39 is 0 Å². The second kappa shape index (κ2) is 4.51. The molecular weight excluding hydrogens is 168 g/mol. The molecule has 1 aliphatic rings. The Balaban J connectivity index is 2.59. The zero-order valence-corrected chi connectivity index (χ0v) is 10.7. The molecule has 1 saturated carbocycles. The summed E-state index contributed by atoms with van der Waals surface area (Å²) in [7, 11) is 0. The quantitative estimate of drug-likeness (QED) is 0.573. The number of hydrogen-bond donors (Lipinski definition) is 0. The van der Waals surface area contributed by atoms with Crippen molar-refractivity contribution in [2.45, 2.75) is 54.4 Å². The summed E-state index contributed by atoms with van der Waals surface area (Å²) in [6.45, 7) is 14.1. The van der Waals surface area contributed by atoms with Gasteiger partial charge in [-0.3, -0.25) is 0 Å². The number of allylic oxidation sites excluding steroid dienone is 2. The van der Waals surface area contributed by atoms with Crippen LogP contribution in [0.1, 0.15) is 54.4 Å². The van der Waals surface area contributed by atoms with Gasteiger partial charge < -0.3 is 0 Å². The smallest absolute Gasteiger partial charge is 0.0173 e. The Kier molecular flexibility index (Phi) is 3.80. The third kappa shape index (κ3) is 2.40. The molecule has 0 bridgehead atoms. The van der Waals surface area contributed by atoms with Crippen molar-refractivity contribution in [1.29, 1.82) is 0 Å². The standard InChI is InChI=1S/C14H26/c1-9(2)7-10(3)12(5)14-8-11(4)13(14)6/h9,11,13-14H,7-8H2,1-6H3. The van der Waals surface area contributed by atoms with Crippen molar-refractivity contribution >= 4 is 0 Å². The third-order valence-electron chi connectivity index (χ3n) is 4.10. The van der Waals surface area contributed by atoms with E-state index in [4.69, 9.17) is 0 Å². The average molecular weight is 194 g/mol. The molecule has 0 radical (unpaired) electrons. The van der Waals surface area contributed by atoms with Gasteiger partial charge in [-0.1, -0.05) is 38.8 Å². The second-order valence-electron chi connectivity index (χ2n) is 5.74. The maximum Gasteiger partial charge on any atom is -0.0173 e. The van der Waals surface area contributed by atoms with Crippen LogP contribution in [0.4, 0.5) is 0 Å². The molecule has 0 aliphatic heterocycles. The summed E-state index contributed by atoms with van der Waals surface area (Å²) < 4.78 is 0. The fourth-order valence-electron chi connectivity index (χ4n) is 2.69. The Morgan fingerprint density at radius 3 is 2.14 bits per heavy atom. The first-order valence-electron chi connectivity index (χ1n) is 6.09. The van der Waals surface area contributed by atoms with Crippen molar-refractivity contribution in [1.82, 2.24) is 0 Å². The minimum Gasteiger partial charge on any atom is -0.0739 e. The van der Waals surface area contributed by atoms with Gasteiger partial charge in [0.2, 0.25) is 0 Å². The van der Waals surface area contributed by atoms with E-state index in [0.29, 0.717) is 0 Å². The summed E-state index contributed by atoms with van der Waals surface area (Å²) in [4.78, 5) is 0. The summed E-state index contributed by atoms with van der Waals surface area (Å²) >= 11 is 0. The minimum atomic E-state index is 0.803. The Hall–Kier alpha value is -0.260. The molecule has 0 aromatic rings. The third-order valence-corrected chi connectivity index (χ3v) is 4.10. The fraction of sp³-hybridized carbons (Fsp3) is 0.857. The molecule has 0 nitrogen and oxygen atoms in total. The summed E-state index contributed by atoms with van der Waals surface area (Å²) in [5.41, 5.74) is 3.33. The van der Waals surface area contributed by atoms with Gasteiger partial charge in [0.05, 0.1) is 0 Å². The van der Waals surface area contributed by atoms with Gasteiger partial charge in [0.15, 0.2) is 0 Å². The molecule has 0 saturated heterocycles. The molecule has 82 valence electrons. The van der Waals surface area contributed by atoms with Crippen LogP contribution in [-0.4, -0.2) is 0 Å². The largest absolute Gasteiger partial charge is 0.0739 e. The first-order chi connectivity index (χ1) is 6.43. The molecule has 0 heteroatoms. The van der Waals surface area contributed by atoms with Crippen LogP contribution in [0.3, 0.4) is 0 Å². The maximum atomic E-state index is 2.41. The molecule has 0 aromatic carbocycles. The summed E-state index contributed by atoms with van der Waals surface area (Å²) in [6, 6.07) is 0. The monoisotopic (exact) mass is 194 g/mol. The normalized spacial score (nSPS) is 34.1. The van der Waals surface area contributed by atoms with Crippen molar-refractivity contribution < 1.29 is 0 Å². The van der Waals surface area contributed by atoms with Crippen molar-refractivity contribution in [3.8, 4) is 0 Å².